The van der Waals surface area contributed by atoms with Crippen LogP contribution in [0.25, 0.3) is 0 Å². The van der Waals surface area contributed by atoms with Gasteiger partial charge in [-0.1, -0.05) is 31.9 Å². The predicted octanol–water partition coefficient (Wildman–Crippen LogP) is 5.25. The second-order valence-corrected chi connectivity index (χ2v) is 7.63. The number of nitrogens with one attached hydrogen (secondary N) is 1. The van der Waals surface area contributed by atoms with Crippen molar-refractivity contribution in [1.29, 1.82) is 0 Å². The fourth-order valence-corrected chi connectivity index (χ4v) is 4.11. The van der Waals surface area contributed by atoms with E-state index in [0.29, 0.717) is 16.3 Å². The van der Waals surface area contributed by atoms with E-state index in [0.717, 1.165) is 30.5 Å². The van der Waals surface area contributed by atoms with Gasteiger partial charge in [-0.05, 0) is 77.5 Å². The Bertz CT molecular complexity index is 486. The summed E-state index contributed by atoms with van der Waals surface area (Å²) in [5, 5.41) is 3.66. The van der Waals surface area contributed by atoms with Crippen molar-refractivity contribution >= 4 is 15.9 Å². The molecule has 1 aromatic carbocycles. The Labute approximate surface area is 135 Å². The molecular weight excluding hydrogens is 329 g/mol. The van der Waals surface area contributed by atoms with Crippen LogP contribution in [0.4, 0.5) is 4.39 Å². The molecule has 1 nitrogen and oxygen atoms in total. The summed E-state index contributed by atoms with van der Waals surface area (Å²) >= 11 is 3.35. The zero-order valence-electron chi connectivity index (χ0n) is 12.7. The molecule has 2 aliphatic rings. The van der Waals surface area contributed by atoms with Crippen molar-refractivity contribution in [3.63, 3.8) is 0 Å². The summed E-state index contributed by atoms with van der Waals surface area (Å²) in [6.07, 6.45) is 7.53. The number of hydrogen-bond donors (Lipinski definition) is 1. The molecule has 3 unspecified atom stereocenters. The number of halogens is 2. The van der Waals surface area contributed by atoms with Crippen LogP contribution in [0.5, 0.6) is 0 Å². The van der Waals surface area contributed by atoms with Crippen molar-refractivity contribution in [3.05, 3.63) is 34.1 Å². The standard InChI is InChI=1S/C18H25BrFN/c1-2-12-6-7-13(11-21-14-8-9-14)16(10-12)15-4-3-5-17(19)18(15)20/h3-5,12-14,16,21H,2,6-11H2,1H3. The van der Waals surface area contributed by atoms with Crippen molar-refractivity contribution in [1.82, 2.24) is 5.32 Å². The van der Waals surface area contributed by atoms with Gasteiger partial charge in [-0.2, -0.15) is 0 Å². The summed E-state index contributed by atoms with van der Waals surface area (Å²) in [7, 11) is 0. The molecule has 0 spiro atoms. The molecule has 0 aliphatic heterocycles. The van der Waals surface area contributed by atoms with E-state index in [-0.39, 0.29) is 5.82 Å². The molecule has 0 heterocycles. The van der Waals surface area contributed by atoms with Gasteiger partial charge in [0.15, 0.2) is 0 Å². The SMILES string of the molecule is CCC1CCC(CNC2CC2)C(c2cccc(Br)c2F)C1. The summed E-state index contributed by atoms with van der Waals surface area (Å²) in [6, 6.07) is 6.51. The van der Waals surface area contributed by atoms with Crippen LogP contribution in [-0.2, 0) is 0 Å². The summed E-state index contributed by atoms with van der Waals surface area (Å²) in [6.45, 7) is 3.32. The third-order valence-corrected chi connectivity index (χ3v) is 5.92. The first-order chi connectivity index (χ1) is 10.2. The minimum absolute atomic E-state index is 0.0457. The number of benzene rings is 1. The normalized spacial score (nSPS) is 29.6. The Morgan fingerprint density at radius 1 is 1.24 bits per heavy atom. The Balaban J connectivity index is 1.79. The van der Waals surface area contributed by atoms with E-state index < -0.39 is 0 Å². The molecule has 0 aromatic heterocycles. The molecule has 0 bridgehead atoms. The van der Waals surface area contributed by atoms with Crippen molar-refractivity contribution in [2.24, 2.45) is 11.8 Å². The largest absolute Gasteiger partial charge is 0.314 e. The molecule has 0 amide bonds. The molecule has 3 rings (SSSR count). The van der Waals surface area contributed by atoms with Crippen LogP contribution in [0.15, 0.2) is 22.7 Å². The Hall–Kier alpha value is -0.410. The lowest BCUT2D eigenvalue weighted by Gasteiger charge is -2.37. The van der Waals surface area contributed by atoms with E-state index >= 15 is 0 Å². The van der Waals surface area contributed by atoms with E-state index in [9.17, 15) is 4.39 Å². The highest BCUT2D eigenvalue weighted by atomic mass is 79.9. The van der Waals surface area contributed by atoms with Crippen molar-refractivity contribution < 1.29 is 4.39 Å². The van der Waals surface area contributed by atoms with E-state index in [1.165, 1.54) is 32.1 Å². The number of hydrogen-bond acceptors (Lipinski definition) is 1. The monoisotopic (exact) mass is 353 g/mol. The first-order valence-corrected chi connectivity index (χ1v) is 9.15. The van der Waals surface area contributed by atoms with Gasteiger partial charge in [0.05, 0.1) is 4.47 Å². The van der Waals surface area contributed by atoms with E-state index in [4.69, 9.17) is 0 Å². The fourth-order valence-electron chi connectivity index (χ4n) is 3.73. The summed E-state index contributed by atoms with van der Waals surface area (Å²) in [4.78, 5) is 0. The van der Waals surface area contributed by atoms with Gasteiger partial charge in [-0.3, -0.25) is 0 Å². The van der Waals surface area contributed by atoms with Gasteiger partial charge in [0.1, 0.15) is 5.82 Å². The molecule has 2 saturated carbocycles. The molecule has 21 heavy (non-hydrogen) atoms. The average molecular weight is 354 g/mol. The fraction of sp³-hybridized carbons (Fsp3) is 0.667. The van der Waals surface area contributed by atoms with Gasteiger partial charge < -0.3 is 5.32 Å². The molecule has 1 aromatic rings. The zero-order chi connectivity index (χ0) is 14.8. The summed E-state index contributed by atoms with van der Waals surface area (Å²) < 4.78 is 15.1. The third kappa shape index (κ3) is 3.68. The molecule has 0 radical (unpaired) electrons. The topological polar surface area (TPSA) is 12.0 Å². The summed E-state index contributed by atoms with van der Waals surface area (Å²) in [5.74, 6) is 1.66. The van der Waals surface area contributed by atoms with Crippen LogP contribution in [0, 0.1) is 17.7 Å². The quantitative estimate of drug-likeness (QED) is 0.762. The molecule has 2 fully saturated rings. The predicted molar refractivity (Wildman–Crippen MR) is 89.0 cm³/mol. The molecule has 1 N–H and O–H groups in total. The van der Waals surface area contributed by atoms with Crippen LogP contribution in [0.3, 0.4) is 0 Å². The van der Waals surface area contributed by atoms with Crippen LogP contribution in [0.1, 0.15) is 56.9 Å². The molecule has 116 valence electrons. The second kappa shape index (κ2) is 6.78. The van der Waals surface area contributed by atoms with Crippen LogP contribution in [-0.4, -0.2) is 12.6 Å². The van der Waals surface area contributed by atoms with Gasteiger partial charge in [0.2, 0.25) is 0 Å². The van der Waals surface area contributed by atoms with Crippen LogP contribution in [0.2, 0.25) is 0 Å². The van der Waals surface area contributed by atoms with Gasteiger partial charge in [-0.15, -0.1) is 0 Å². The smallest absolute Gasteiger partial charge is 0.140 e. The summed E-state index contributed by atoms with van der Waals surface area (Å²) in [5.41, 5.74) is 0.921. The minimum atomic E-state index is -0.0457. The minimum Gasteiger partial charge on any atom is -0.314 e. The molecule has 0 saturated heterocycles. The maximum Gasteiger partial charge on any atom is 0.140 e. The maximum absolute atomic E-state index is 14.5. The molecule has 3 heteroatoms. The number of rotatable bonds is 5. The van der Waals surface area contributed by atoms with E-state index in [2.05, 4.69) is 28.2 Å². The third-order valence-electron chi connectivity index (χ3n) is 5.31. The average Bonchev–Trinajstić information content (AvgIpc) is 3.32. The van der Waals surface area contributed by atoms with Gasteiger partial charge in [-0.25, -0.2) is 4.39 Å². The van der Waals surface area contributed by atoms with Gasteiger partial charge in [0, 0.05) is 6.04 Å². The van der Waals surface area contributed by atoms with Crippen LogP contribution < -0.4 is 5.32 Å². The van der Waals surface area contributed by atoms with Crippen molar-refractivity contribution in [3.8, 4) is 0 Å². The molecule has 3 atom stereocenters. The van der Waals surface area contributed by atoms with E-state index in [1.54, 1.807) is 6.07 Å². The Kier molecular flexibility index (Phi) is 5.00. The molecule has 2 aliphatic carbocycles. The highest BCUT2D eigenvalue weighted by Crippen LogP contribution is 2.43. The lowest BCUT2D eigenvalue weighted by molar-refractivity contribution is 0.221. The maximum atomic E-state index is 14.5. The van der Waals surface area contributed by atoms with Gasteiger partial charge >= 0.3 is 0 Å². The first kappa shape index (κ1) is 15.5. The van der Waals surface area contributed by atoms with Crippen molar-refractivity contribution in [2.75, 3.05) is 6.54 Å². The van der Waals surface area contributed by atoms with Crippen molar-refractivity contribution in [2.45, 2.75) is 57.4 Å². The lowest BCUT2D eigenvalue weighted by atomic mass is 9.70. The zero-order valence-corrected chi connectivity index (χ0v) is 14.3. The first-order valence-electron chi connectivity index (χ1n) is 8.36. The highest BCUT2D eigenvalue weighted by Gasteiger charge is 2.33. The Morgan fingerprint density at radius 2 is 2.05 bits per heavy atom. The lowest BCUT2D eigenvalue weighted by Crippen LogP contribution is -2.33. The van der Waals surface area contributed by atoms with Gasteiger partial charge in [0.25, 0.3) is 0 Å². The highest BCUT2D eigenvalue weighted by molar-refractivity contribution is 9.10. The molecular formula is C18H25BrFN. The van der Waals surface area contributed by atoms with E-state index in [1.807, 2.05) is 12.1 Å². The Morgan fingerprint density at radius 3 is 2.76 bits per heavy atom. The van der Waals surface area contributed by atoms with Crippen LogP contribution >= 0.6 is 15.9 Å². The second-order valence-electron chi connectivity index (χ2n) is 6.78.